The third-order valence-electron chi connectivity index (χ3n) is 2.32. The second-order valence-electron chi connectivity index (χ2n) is 3.61. The molecule has 0 radical (unpaired) electrons. The molecule has 90 valence electrons. The number of allylic oxidation sites excluding steroid dienone is 1. The van der Waals surface area contributed by atoms with Gasteiger partial charge in [0.05, 0.1) is 0 Å². The molecule has 0 aliphatic carbocycles. The Kier molecular flexibility index (Phi) is 3.85. The Labute approximate surface area is 109 Å². The number of ketones is 1. The van der Waals surface area contributed by atoms with E-state index in [0.29, 0.717) is 16.1 Å². The summed E-state index contributed by atoms with van der Waals surface area (Å²) in [5.41, 5.74) is 0.778. The maximum Gasteiger partial charge on any atom is 0.187 e. The van der Waals surface area contributed by atoms with E-state index in [9.17, 15) is 9.18 Å². The van der Waals surface area contributed by atoms with Crippen LogP contribution in [0.3, 0.4) is 0 Å². The zero-order chi connectivity index (χ0) is 13.0. The zero-order valence-corrected chi connectivity index (χ0v) is 10.1. The Morgan fingerprint density at radius 1 is 1.33 bits per heavy atom. The van der Waals surface area contributed by atoms with Crippen molar-refractivity contribution in [3.8, 4) is 0 Å². The Hall–Kier alpha value is -2.00. The predicted octanol–water partition coefficient (Wildman–Crippen LogP) is 3.77. The van der Waals surface area contributed by atoms with Gasteiger partial charge in [0.25, 0.3) is 0 Å². The molecule has 0 atom stereocenters. The highest BCUT2D eigenvalue weighted by Crippen LogP contribution is 2.16. The van der Waals surface area contributed by atoms with Crippen molar-refractivity contribution in [2.24, 2.45) is 0 Å². The number of carbonyl (C=O) groups excluding carboxylic acids is 1. The summed E-state index contributed by atoms with van der Waals surface area (Å²) in [5, 5.41) is 0.322. The number of pyridine rings is 1. The Morgan fingerprint density at radius 2 is 2.17 bits per heavy atom. The first-order valence-electron chi connectivity index (χ1n) is 5.24. The summed E-state index contributed by atoms with van der Waals surface area (Å²) < 4.78 is 13.4. The van der Waals surface area contributed by atoms with E-state index in [1.54, 1.807) is 24.4 Å². The van der Waals surface area contributed by atoms with Crippen LogP contribution >= 0.6 is 11.6 Å². The number of nitrogens with zero attached hydrogens (tertiary/aromatic N) is 1. The molecule has 2 rings (SSSR count). The van der Waals surface area contributed by atoms with Gasteiger partial charge >= 0.3 is 0 Å². The smallest absolute Gasteiger partial charge is 0.187 e. The lowest BCUT2D eigenvalue weighted by Crippen LogP contribution is -1.94. The number of carbonyl (C=O) groups is 1. The molecular weight excluding hydrogens is 253 g/mol. The normalized spacial score (nSPS) is 10.8. The topological polar surface area (TPSA) is 30.0 Å². The second kappa shape index (κ2) is 5.56. The molecule has 0 saturated carbocycles. The van der Waals surface area contributed by atoms with Crippen molar-refractivity contribution in [2.45, 2.75) is 0 Å². The number of hydrogen-bond acceptors (Lipinski definition) is 2. The van der Waals surface area contributed by atoms with E-state index in [-0.39, 0.29) is 5.78 Å². The molecule has 4 heteroatoms. The molecule has 2 aromatic rings. The van der Waals surface area contributed by atoms with E-state index in [2.05, 4.69) is 4.98 Å². The number of aromatic nitrogens is 1. The van der Waals surface area contributed by atoms with Crippen molar-refractivity contribution in [3.05, 3.63) is 70.8 Å². The van der Waals surface area contributed by atoms with E-state index >= 15 is 0 Å². The van der Waals surface area contributed by atoms with Gasteiger partial charge in [0.1, 0.15) is 5.82 Å². The minimum atomic E-state index is -0.460. The molecule has 0 unspecified atom stereocenters. The standard InChI is InChI=1S/C14H9ClFNO/c15-12-5-3-10(13(16)8-12)4-6-14(18)11-2-1-7-17-9-11/h1-9H/b6-4+. The van der Waals surface area contributed by atoms with Gasteiger partial charge < -0.3 is 0 Å². The van der Waals surface area contributed by atoms with Gasteiger partial charge in [0, 0.05) is 28.5 Å². The fourth-order valence-corrected chi connectivity index (χ4v) is 1.57. The van der Waals surface area contributed by atoms with Crippen LogP contribution in [0.15, 0.2) is 48.8 Å². The number of halogens is 2. The molecule has 0 saturated heterocycles. The van der Waals surface area contributed by atoms with Gasteiger partial charge in [-0.1, -0.05) is 17.7 Å². The second-order valence-corrected chi connectivity index (χ2v) is 4.04. The van der Waals surface area contributed by atoms with Gasteiger partial charge in [-0.25, -0.2) is 4.39 Å². The lowest BCUT2D eigenvalue weighted by atomic mass is 10.1. The third-order valence-corrected chi connectivity index (χ3v) is 2.56. The van der Waals surface area contributed by atoms with E-state index in [4.69, 9.17) is 11.6 Å². The maximum absolute atomic E-state index is 13.4. The van der Waals surface area contributed by atoms with Gasteiger partial charge in [0.2, 0.25) is 0 Å². The number of rotatable bonds is 3. The van der Waals surface area contributed by atoms with Crippen LogP contribution in [0, 0.1) is 5.82 Å². The highest BCUT2D eigenvalue weighted by atomic mass is 35.5. The van der Waals surface area contributed by atoms with Crippen LogP contribution in [0.5, 0.6) is 0 Å². The number of benzene rings is 1. The van der Waals surface area contributed by atoms with Crippen molar-refractivity contribution < 1.29 is 9.18 Å². The molecule has 1 heterocycles. The molecule has 1 aromatic carbocycles. The minimum Gasteiger partial charge on any atom is -0.289 e. The largest absolute Gasteiger partial charge is 0.289 e. The highest BCUT2D eigenvalue weighted by Gasteiger charge is 2.03. The van der Waals surface area contributed by atoms with Gasteiger partial charge in [-0.15, -0.1) is 0 Å². The molecule has 0 amide bonds. The minimum absolute atomic E-state index is 0.225. The first-order chi connectivity index (χ1) is 8.66. The van der Waals surface area contributed by atoms with Crippen LogP contribution in [-0.4, -0.2) is 10.8 Å². The van der Waals surface area contributed by atoms with Gasteiger partial charge in [-0.3, -0.25) is 9.78 Å². The summed E-state index contributed by atoms with van der Waals surface area (Å²) in [5.74, 6) is -0.685. The zero-order valence-electron chi connectivity index (χ0n) is 9.31. The summed E-state index contributed by atoms with van der Waals surface area (Å²) in [6.07, 6.45) is 5.77. The van der Waals surface area contributed by atoms with Gasteiger partial charge in [-0.05, 0) is 36.4 Å². The molecule has 0 spiro atoms. The lowest BCUT2D eigenvalue weighted by Gasteiger charge is -1.97. The van der Waals surface area contributed by atoms with Crippen LogP contribution in [0.1, 0.15) is 15.9 Å². The first-order valence-corrected chi connectivity index (χ1v) is 5.62. The van der Waals surface area contributed by atoms with Crippen LogP contribution in [0.25, 0.3) is 6.08 Å². The lowest BCUT2D eigenvalue weighted by molar-refractivity contribution is 0.104. The van der Waals surface area contributed by atoms with Crippen LogP contribution in [0.2, 0.25) is 5.02 Å². The molecule has 0 fully saturated rings. The summed E-state index contributed by atoms with van der Waals surface area (Å²) in [7, 11) is 0. The van der Waals surface area contributed by atoms with E-state index in [1.165, 1.54) is 30.5 Å². The Balaban J connectivity index is 2.19. The van der Waals surface area contributed by atoms with Gasteiger partial charge in [0.15, 0.2) is 5.78 Å². The van der Waals surface area contributed by atoms with Crippen molar-refractivity contribution >= 4 is 23.5 Å². The number of hydrogen-bond donors (Lipinski definition) is 0. The third kappa shape index (κ3) is 3.02. The van der Waals surface area contributed by atoms with E-state index in [0.717, 1.165) is 0 Å². The van der Waals surface area contributed by atoms with E-state index in [1.807, 2.05) is 0 Å². The molecule has 18 heavy (non-hydrogen) atoms. The summed E-state index contributed by atoms with van der Waals surface area (Å²) >= 11 is 5.64. The van der Waals surface area contributed by atoms with Gasteiger partial charge in [-0.2, -0.15) is 0 Å². The van der Waals surface area contributed by atoms with Crippen molar-refractivity contribution in [3.63, 3.8) is 0 Å². The SMILES string of the molecule is O=C(/C=C/c1ccc(Cl)cc1F)c1cccnc1. The first kappa shape index (κ1) is 12.5. The fourth-order valence-electron chi connectivity index (χ4n) is 1.41. The van der Waals surface area contributed by atoms with Crippen LogP contribution < -0.4 is 0 Å². The molecule has 0 aliphatic heterocycles. The average molecular weight is 262 g/mol. The van der Waals surface area contributed by atoms with E-state index < -0.39 is 5.82 Å². The van der Waals surface area contributed by atoms with Crippen molar-refractivity contribution in [1.29, 1.82) is 0 Å². The average Bonchev–Trinajstić information content (AvgIpc) is 2.38. The predicted molar refractivity (Wildman–Crippen MR) is 69.0 cm³/mol. The molecule has 0 aliphatic rings. The Morgan fingerprint density at radius 3 is 2.83 bits per heavy atom. The maximum atomic E-state index is 13.4. The highest BCUT2D eigenvalue weighted by molar-refractivity contribution is 6.30. The molecule has 1 aromatic heterocycles. The Bertz CT molecular complexity index is 596. The van der Waals surface area contributed by atoms with Crippen LogP contribution in [0.4, 0.5) is 4.39 Å². The summed E-state index contributed by atoms with van der Waals surface area (Å²) in [6.45, 7) is 0. The van der Waals surface area contributed by atoms with Crippen LogP contribution in [-0.2, 0) is 0 Å². The fraction of sp³-hybridized carbons (Fsp3) is 0. The van der Waals surface area contributed by atoms with Crippen molar-refractivity contribution in [1.82, 2.24) is 4.98 Å². The van der Waals surface area contributed by atoms with Crippen molar-refractivity contribution in [2.75, 3.05) is 0 Å². The summed E-state index contributed by atoms with van der Waals surface area (Å²) in [4.78, 5) is 15.6. The summed E-state index contributed by atoms with van der Waals surface area (Å²) in [6, 6.07) is 7.61. The molecule has 0 bridgehead atoms. The quantitative estimate of drug-likeness (QED) is 0.622. The molecule has 2 nitrogen and oxygen atoms in total. The molecular formula is C14H9ClFNO. The molecule has 0 N–H and O–H groups in total. The monoisotopic (exact) mass is 261 g/mol.